The number of benzene rings is 2. The molecule has 4 aromatic rings. The molecule has 2 aromatic heterocycles. The standard InChI is InChI=1S/C64H85N7O23/c1-7-64(86)42-30-46-52-40(31-71(46)59(81)41(42)33-91-62(64)84)38(39-10-8-9-11-44(39)67-52)16-19-70(35(4)5)63(85)92-32-37-12-14-45(48(29-37)93-61-55(78)53(76)54(77)56(94-61)60(82)83)68-57(79)36(6)28-47(72)51(34(2)3)69-49(73)17-20-87-22-24-89-26-27-90-25-23-88-21-18-66-58(80)43(65)13-15-50(74)75/h8-12,14,29-30,34-36,43,51,53-56,61,76-78,86H,7,13,15-28,31-33,65H2,1-6H3,(H,66,80)(H,68,79)(H,69,73)(H,74,75)(H,82,83)/t36-,43+,51+,53+,54+,55-,56+,61-,64+/m1/s1. The number of nitrogens with zero attached hydrogens (tertiary/aromatic N) is 3. The van der Waals surface area contributed by atoms with Crippen LogP contribution in [0.25, 0.3) is 22.3 Å². The van der Waals surface area contributed by atoms with Gasteiger partial charge < -0.3 is 99.7 Å². The molecule has 3 aliphatic heterocycles. The second kappa shape index (κ2) is 33.9. The molecule has 1 saturated heterocycles. The first-order valence-electron chi connectivity index (χ1n) is 31.2. The van der Waals surface area contributed by atoms with Crippen molar-refractivity contribution < 1.29 is 107 Å². The number of carbonyl (C=O) groups is 8. The molecule has 3 aliphatic rings. The van der Waals surface area contributed by atoms with Crippen molar-refractivity contribution in [3.63, 3.8) is 0 Å². The number of carboxylic acids is 2. The Labute approximate surface area is 541 Å². The minimum atomic E-state index is -2.05. The van der Waals surface area contributed by atoms with E-state index >= 15 is 0 Å². The summed E-state index contributed by atoms with van der Waals surface area (Å²) in [5.74, 6) is -7.32. The van der Waals surface area contributed by atoms with Gasteiger partial charge in [-0.25, -0.2) is 19.4 Å². The van der Waals surface area contributed by atoms with Crippen LogP contribution in [0.4, 0.5) is 10.5 Å². The van der Waals surface area contributed by atoms with E-state index in [2.05, 4.69) is 16.0 Å². The lowest BCUT2D eigenvalue weighted by atomic mass is 9.86. The Balaban J connectivity index is 0.924. The van der Waals surface area contributed by atoms with Crippen molar-refractivity contribution in [3.8, 4) is 17.1 Å². The van der Waals surface area contributed by atoms with Gasteiger partial charge in [0, 0.05) is 60.8 Å². The molecular formula is C64H85N7O23. The topological polar surface area (TPSA) is 432 Å². The molecule has 0 spiro atoms. The molecule has 0 bridgehead atoms. The van der Waals surface area contributed by atoms with Crippen LogP contribution < -0.4 is 32.0 Å². The number of hydrogen-bond acceptors (Lipinski definition) is 23. The SMILES string of the molecule is CC[C@@]1(O)C(=O)OCc2c1cc1n(c2=O)Cc2c-1nc1ccccc1c2CCN(C(=O)OCc1ccc(NC(=O)[C@H](C)CC(=O)[C@@H](NC(=O)CCOCCOCCOCCOCCNC(=O)[C@@H](N)CCC(=O)O)C(C)C)c(O[C@@H]2O[C@H](C(=O)O)[C@@H](O)[C@H](O)[C@H]2O)c1)C(C)C. The van der Waals surface area contributed by atoms with Gasteiger partial charge in [0.25, 0.3) is 5.56 Å². The van der Waals surface area contributed by atoms with Gasteiger partial charge in [-0.3, -0.25) is 28.8 Å². The number of carboxylic acid groups (broad SMARTS) is 2. The van der Waals surface area contributed by atoms with E-state index in [9.17, 15) is 68.7 Å². The van der Waals surface area contributed by atoms with Crippen molar-refractivity contribution in [2.75, 3.05) is 71.3 Å². The molecule has 0 unspecified atom stereocenters. The van der Waals surface area contributed by atoms with Gasteiger partial charge in [0.1, 0.15) is 37.3 Å². The molecule has 30 nitrogen and oxygen atoms in total. The molecule has 7 rings (SSSR count). The molecule has 0 aliphatic carbocycles. The largest absolute Gasteiger partial charge is 0.481 e. The third kappa shape index (κ3) is 18.5. The van der Waals surface area contributed by atoms with Crippen molar-refractivity contribution in [2.45, 2.75) is 154 Å². The van der Waals surface area contributed by atoms with Gasteiger partial charge in [0.2, 0.25) is 24.0 Å². The molecule has 5 heterocycles. The summed E-state index contributed by atoms with van der Waals surface area (Å²) in [6.45, 7) is 11.6. The Morgan fingerprint density at radius 2 is 1.50 bits per heavy atom. The van der Waals surface area contributed by atoms with Crippen LogP contribution in [0.5, 0.6) is 5.75 Å². The lowest BCUT2D eigenvalue weighted by Gasteiger charge is -2.38. The summed E-state index contributed by atoms with van der Waals surface area (Å²) in [4.78, 5) is 123. The Kier molecular flexibility index (Phi) is 26.4. The smallest absolute Gasteiger partial charge is 0.410 e. The molecule has 9 atom stereocenters. The van der Waals surface area contributed by atoms with Crippen LogP contribution in [0.1, 0.15) is 101 Å². The van der Waals surface area contributed by atoms with Gasteiger partial charge >= 0.3 is 24.0 Å². The van der Waals surface area contributed by atoms with E-state index in [1.807, 2.05) is 24.3 Å². The van der Waals surface area contributed by atoms with Crippen molar-refractivity contribution in [2.24, 2.45) is 17.6 Å². The fourth-order valence-electron chi connectivity index (χ4n) is 10.9. The number of ether oxygens (including phenoxy) is 8. The minimum Gasteiger partial charge on any atom is -0.481 e. The number of cyclic esters (lactones) is 1. The highest BCUT2D eigenvalue weighted by Gasteiger charge is 2.49. The van der Waals surface area contributed by atoms with E-state index in [-0.39, 0.29) is 152 Å². The van der Waals surface area contributed by atoms with Crippen molar-refractivity contribution in [3.05, 3.63) is 86.7 Å². The van der Waals surface area contributed by atoms with Crippen LogP contribution in [0.3, 0.4) is 0 Å². The first kappa shape index (κ1) is 73.4. The molecule has 30 heteroatoms. The fraction of sp³-hybridized carbons (Fsp3) is 0.562. The molecular weight excluding hydrogens is 1230 g/mol. The zero-order chi connectivity index (χ0) is 68.6. The lowest BCUT2D eigenvalue weighted by molar-refractivity contribution is -0.271. The molecule has 94 heavy (non-hydrogen) atoms. The Hall–Kier alpha value is -8.04. The average Bonchev–Trinajstić information content (AvgIpc) is 1.52. The second-order valence-electron chi connectivity index (χ2n) is 23.7. The third-order valence-corrected chi connectivity index (χ3v) is 16.3. The monoisotopic (exact) mass is 1320 g/mol. The number of Topliss-reactive ketones (excluding diaryl/α,β-unsaturated/α-hetero) is 1. The summed E-state index contributed by atoms with van der Waals surface area (Å²) < 4.78 is 45.9. The quantitative estimate of drug-likeness (QED) is 0.0200. The zero-order valence-corrected chi connectivity index (χ0v) is 53.4. The number of ketones is 1. The van der Waals surface area contributed by atoms with Crippen LogP contribution in [0.15, 0.2) is 53.3 Å². The van der Waals surface area contributed by atoms with Crippen molar-refractivity contribution >= 4 is 64.1 Å². The van der Waals surface area contributed by atoms with Gasteiger partial charge in [-0.1, -0.05) is 52.0 Å². The third-order valence-electron chi connectivity index (χ3n) is 16.3. The Bertz CT molecular complexity index is 3430. The summed E-state index contributed by atoms with van der Waals surface area (Å²) >= 11 is 0. The first-order valence-corrected chi connectivity index (χ1v) is 31.2. The normalized spacial score (nSPS) is 19.9. The lowest BCUT2D eigenvalue weighted by Crippen LogP contribution is -2.61. The van der Waals surface area contributed by atoms with Gasteiger partial charge in [-0.2, -0.15) is 0 Å². The first-order chi connectivity index (χ1) is 44.7. The van der Waals surface area contributed by atoms with Crippen LogP contribution >= 0.6 is 0 Å². The fourth-order valence-corrected chi connectivity index (χ4v) is 10.9. The molecule has 2 aromatic carbocycles. The van der Waals surface area contributed by atoms with E-state index in [1.54, 1.807) is 45.3 Å². The van der Waals surface area contributed by atoms with Crippen LogP contribution in [0.2, 0.25) is 0 Å². The molecule has 4 amide bonds. The maximum absolute atomic E-state index is 14.1. The highest BCUT2D eigenvalue weighted by atomic mass is 16.7. The van der Waals surface area contributed by atoms with Gasteiger partial charge in [0.05, 0.1) is 99.6 Å². The summed E-state index contributed by atoms with van der Waals surface area (Å²) in [5.41, 5.74) is 6.77. The number of carbonyl (C=O) groups excluding carboxylic acids is 6. The van der Waals surface area contributed by atoms with E-state index in [4.69, 9.17) is 53.7 Å². The van der Waals surface area contributed by atoms with Crippen LogP contribution in [-0.4, -0.2) is 207 Å². The van der Waals surface area contributed by atoms with Gasteiger partial charge in [-0.05, 0) is 74.4 Å². The van der Waals surface area contributed by atoms with E-state index < -0.39 is 120 Å². The predicted molar refractivity (Wildman–Crippen MR) is 332 cm³/mol. The summed E-state index contributed by atoms with van der Waals surface area (Å²) in [5, 5.41) is 70.7. The number of para-hydroxylation sites is 1. The highest BCUT2D eigenvalue weighted by Crippen LogP contribution is 2.41. The number of fused-ring (bicyclic) bond motifs is 5. The average molecular weight is 1320 g/mol. The zero-order valence-electron chi connectivity index (χ0n) is 53.4. The molecule has 0 radical (unpaired) electrons. The second-order valence-corrected chi connectivity index (χ2v) is 23.7. The Morgan fingerprint density at radius 1 is 0.830 bits per heavy atom. The Morgan fingerprint density at radius 3 is 2.15 bits per heavy atom. The number of aliphatic hydroxyl groups excluding tert-OH is 3. The number of nitrogens with one attached hydrogen (secondary N) is 3. The summed E-state index contributed by atoms with van der Waals surface area (Å²) in [6, 6.07) is 10.9. The molecule has 11 N–H and O–H groups in total. The number of aliphatic carboxylic acids is 2. The number of aromatic nitrogens is 2. The number of anilines is 1. The van der Waals surface area contributed by atoms with Crippen LogP contribution in [0, 0.1) is 11.8 Å². The summed E-state index contributed by atoms with van der Waals surface area (Å²) in [6.07, 6.45) is -11.2. The van der Waals surface area contributed by atoms with E-state index in [1.165, 1.54) is 30.0 Å². The van der Waals surface area contributed by atoms with Crippen molar-refractivity contribution in [1.29, 1.82) is 0 Å². The number of hydrogen-bond donors (Lipinski definition) is 10. The predicted octanol–water partition coefficient (Wildman–Crippen LogP) is 1.38. The maximum atomic E-state index is 14.1. The highest BCUT2D eigenvalue weighted by molar-refractivity contribution is 5.98. The molecule has 514 valence electrons. The number of rotatable bonds is 36. The van der Waals surface area contributed by atoms with Crippen molar-refractivity contribution in [1.82, 2.24) is 25.1 Å². The molecule has 1 fully saturated rings. The number of esters is 1. The number of nitrogens with two attached hydrogens (primary N) is 1. The van der Waals surface area contributed by atoms with Crippen LogP contribution in [-0.2, 0) is 98.5 Å². The maximum Gasteiger partial charge on any atom is 0.410 e. The minimum absolute atomic E-state index is 0.0187. The number of amides is 4. The number of pyridine rings is 2. The number of aliphatic hydroxyl groups is 4. The molecule has 0 saturated carbocycles. The van der Waals surface area contributed by atoms with E-state index in [0.717, 1.165) is 16.5 Å². The van der Waals surface area contributed by atoms with Gasteiger partial charge in [-0.15, -0.1) is 0 Å². The summed E-state index contributed by atoms with van der Waals surface area (Å²) in [7, 11) is 0. The van der Waals surface area contributed by atoms with E-state index in [0.29, 0.717) is 16.9 Å². The van der Waals surface area contributed by atoms with Gasteiger partial charge in [0.15, 0.2) is 17.5 Å².